The highest BCUT2D eigenvalue weighted by atomic mass is 16.5. The van der Waals surface area contributed by atoms with Crippen LogP contribution in [0.3, 0.4) is 0 Å². The lowest BCUT2D eigenvalue weighted by molar-refractivity contribution is -0.130. The summed E-state index contributed by atoms with van der Waals surface area (Å²) in [7, 11) is 0. The number of aliphatic hydroxyl groups excluding tert-OH is 1. The molecule has 0 aliphatic carbocycles. The summed E-state index contributed by atoms with van der Waals surface area (Å²) in [6.07, 6.45) is 1.93. The van der Waals surface area contributed by atoms with Gasteiger partial charge in [0.05, 0.1) is 19.3 Å². The van der Waals surface area contributed by atoms with E-state index >= 15 is 0 Å². The fraction of sp³-hybridized carbons (Fsp3) is 0.917. The third-order valence-corrected chi connectivity index (χ3v) is 3.48. The molecule has 98 valence electrons. The second-order valence-electron chi connectivity index (χ2n) is 4.84. The van der Waals surface area contributed by atoms with Crippen LogP contribution in [0.25, 0.3) is 0 Å². The average molecular weight is 242 g/mol. The number of morpholine rings is 1. The zero-order chi connectivity index (χ0) is 12.1. The standard InChI is InChI=1S/C12H22N2O3/c15-11-3-5-14(10-11)12(16)2-1-4-13-6-8-17-9-7-13/h11,15H,1-10H2/t11-/m1/s1. The molecule has 0 aromatic rings. The van der Waals surface area contributed by atoms with Crippen molar-refractivity contribution in [2.24, 2.45) is 0 Å². The molecular formula is C12H22N2O3. The maximum absolute atomic E-state index is 11.8. The second-order valence-corrected chi connectivity index (χ2v) is 4.84. The molecule has 1 atom stereocenters. The number of nitrogens with zero attached hydrogens (tertiary/aromatic N) is 2. The molecule has 17 heavy (non-hydrogen) atoms. The Morgan fingerprint density at radius 1 is 1.29 bits per heavy atom. The van der Waals surface area contributed by atoms with Crippen molar-refractivity contribution in [2.45, 2.75) is 25.4 Å². The van der Waals surface area contributed by atoms with Crippen LogP contribution in [0.1, 0.15) is 19.3 Å². The summed E-state index contributed by atoms with van der Waals surface area (Å²) < 4.78 is 5.28. The van der Waals surface area contributed by atoms with Gasteiger partial charge < -0.3 is 14.7 Å². The lowest BCUT2D eigenvalue weighted by atomic mass is 10.2. The largest absolute Gasteiger partial charge is 0.391 e. The van der Waals surface area contributed by atoms with Crippen molar-refractivity contribution in [1.82, 2.24) is 9.80 Å². The van der Waals surface area contributed by atoms with Crippen LogP contribution in [0.4, 0.5) is 0 Å². The van der Waals surface area contributed by atoms with E-state index < -0.39 is 0 Å². The molecule has 5 nitrogen and oxygen atoms in total. The van der Waals surface area contributed by atoms with E-state index in [4.69, 9.17) is 4.74 Å². The number of β-amino-alcohol motifs (C(OH)–C–C–N with tert-alkyl or cyclic N) is 1. The van der Waals surface area contributed by atoms with Gasteiger partial charge in [0.15, 0.2) is 0 Å². The van der Waals surface area contributed by atoms with Crippen LogP contribution in [0.15, 0.2) is 0 Å². The lowest BCUT2D eigenvalue weighted by Crippen LogP contribution is -2.37. The highest BCUT2D eigenvalue weighted by molar-refractivity contribution is 5.76. The van der Waals surface area contributed by atoms with Gasteiger partial charge in [0.25, 0.3) is 0 Å². The number of rotatable bonds is 4. The Labute approximate surface area is 102 Å². The first kappa shape index (κ1) is 12.8. The van der Waals surface area contributed by atoms with Gasteiger partial charge in [-0.3, -0.25) is 9.69 Å². The number of carbonyl (C=O) groups excluding carboxylic acids is 1. The summed E-state index contributed by atoms with van der Waals surface area (Å²) >= 11 is 0. The third-order valence-electron chi connectivity index (χ3n) is 3.48. The van der Waals surface area contributed by atoms with E-state index in [1.807, 2.05) is 0 Å². The fourth-order valence-corrected chi connectivity index (χ4v) is 2.41. The molecule has 2 heterocycles. The van der Waals surface area contributed by atoms with Crippen molar-refractivity contribution >= 4 is 5.91 Å². The van der Waals surface area contributed by atoms with Gasteiger partial charge in [-0.05, 0) is 19.4 Å². The predicted molar refractivity (Wildman–Crippen MR) is 63.7 cm³/mol. The van der Waals surface area contributed by atoms with E-state index in [9.17, 15) is 9.90 Å². The van der Waals surface area contributed by atoms with Crippen LogP contribution in [-0.4, -0.2) is 72.9 Å². The molecule has 5 heteroatoms. The SMILES string of the molecule is O=C(CCCN1CCOCC1)N1CC[C@@H](O)C1. The fourth-order valence-electron chi connectivity index (χ4n) is 2.41. The minimum atomic E-state index is -0.307. The molecular weight excluding hydrogens is 220 g/mol. The van der Waals surface area contributed by atoms with Crippen LogP contribution in [-0.2, 0) is 9.53 Å². The van der Waals surface area contributed by atoms with Crippen molar-refractivity contribution < 1.29 is 14.6 Å². The van der Waals surface area contributed by atoms with Crippen molar-refractivity contribution in [2.75, 3.05) is 45.9 Å². The van der Waals surface area contributed by atoms with Crippen LogP contribution in [0.5, 0.6) is 0 Å². The second kappa shape index (κ2) is 6.33. The predicted octanol–water partition coefficient (Wildman–Crippen LogP) is -0.308. The highest BCUT2D eigenvalue weighted by Crippen LogP contribution is 2.11. The van der Waals surface area contributed by atoms with E-state index in [0.717, 1.165) is 52.2 Å². The number of amides is 1. The summed E-state index contributed by atoms with van der Waals surface area (Å²) in [4.78, 5) is 15.9. The number of carbonyl (C=O) groups is 1. The highest BCUT2D eigenvalue weighted by Gasteiger charge is 2.24. The number of aliphatic hydroxyl groups is 1. The molecule has 0 bridgehead atoms. The monoisotopic (exact) mass is 242 g/mol. The smallest absolute Gasteiger partial charge is 0.222 e. The van der Waals surface area contributed by atoms with E-state index in [1.54, 1.807) is 4.90 Å². The maximum Gasteiger partial charge on any atom is 0.222 e. The normalized spacial score (nSPS) is 26.4. The number of hydrogen-bond donors (Lipinski definition) is 1. The Morgan fingerprint density at radius 2 is 2.06 bits per heavy atom. The quantitative estimate of drug-likeness (QED) is 0.735. The van der Waals surface area contributed by atoms with Crippen LogP contribution in [0, 0.1) is 0 Å². The number of hydrogen-bond acceptors (Lipinski definition) is 4. The Bertz CT molecular complexity index is 254. The maximum atomic E-state index is 11.8. The summed E-state index contributed by atoms with van der Waals surface area (Å²) in [5.41, 5.74) is 0. The molecule has 2 aliphatic heterocycles. The van der Waals surface area contributed by atoms with Crippen molar-refractivity contribution in [3.63, 3.8) is 0 Å². The summed E-state index contributed by atoms with van der Waals surface area (Å²) in [6.45, 7) is 5.81. The summed E-state index contributed by atoms with van der Waals surface area (Å²) in [6, 6.07) is 0. The Hall–Kier alpha value is -0.650. The third kappa shape index (κ3) is 3.94. The molecule has 1 amide bonds. The van der Waals surface area contributed by atoms with Gasteiger partial charge >= 0.3 is 0 Å². The van der Waals surface area contributed by atoms with Gasteiger partial charge in [-0.25, -0.2) is 0 Å². The van der Waals surface area contributed by atoms with Crippen molar-refractivity contribution in [3.8, 4) is 0 Å². The minimum Gasteiger partial charge on any atom is -0.391 e. The molecule has 2 aliphatic rings. The molecule has 0 spiro atoms. The molecule has 0 radical (unpaired) electrons. The first-order valence-electron chi connectivity index (χ1n) is 6.51. The molecule has 0 aromatic heterocycles. The first-order valence-corrected chi connectivity index (χ1v) is 6.51. The Balaban J connectivity index is 1.59. The Kier molecular flexibility index (Phi) is 4.76. The van der Waals surface area contributed by atoms with Gasteiger partial charge in [-0.1, -0.05) is 0 Å². The van der Waals surface area contributed by atoms with E-state index in [-0.39, 0.29) is 12.0 Å². The van der Waals surface area contributed by atoms with Gasteiger partial charge in [-0.2, -0.15) is 0 Å². The van der Waals surface area contributed by atoms with Crippen LogP contribution < -0.4 is 0 Å². The van der Waals surface area contributed by atoms with Crippen molar-refractivity contribution in [3.05, 3.63) is 0 Å². The molecule has 0 aromatic carbocycles. The molecule has 2 saturated heterocycles. The molecule has 2 rings (SSSR count). The zero-order valence-corrected chi connectivity index (χ0v) is 10.3. The van der Waals surface area contributed by atoms with Gasteiger partial charge in [-0.15, -0.1) is 0 Å². The number of ether oxygens (including phenoxy) is 1. The molecule has 2 fully saturated rings. The van der Waals surface area contributed by atoms with E-state index in [2.05, 4.69) is 4.90 Å². The molecule has 0 saturated carbocycles. The molecule has 0 unspecified atom stereocenters. The average Bonchev–Trinajstić information content (AvgIpc) is 2.77. The van der Waals surface area contributed by atoms with Gasteiger partial charge in [0.2, 0.25) is 5.91 Å². The first-order chi connectivity index (χ1) is 8.25. The van der Waals surface area contributed by atoms with Crippen LogP contribution >= 0.6 is 0 Å². The zero-order valence-electron chi connectivity index (χ0n) is 10.3. The summed E-state index contributed by atoms with van der Waals surface area (Å²) in [5.74, 6) is 0.190. The minimum absolute atomic E-state index is 0.190. The van der Waals surface area contributed by atoms with Gasteiger partial charge in [0.1, 0.15) is 0 Å². The van der Waals surface area contributed by atoms with E-state index in [0.29, 0.717) is 13.0 Å². The van der Waals surface area contributed by atoms with E-state index in [1.165, 1.54) is 0 Å². The van der Waals surface area contributed by atoms with Gasteiger partial charge in [0, 0.05) is 32.6 Å². The topological polar surface area (TPSA) is 53.0 Å². The number of likely N-dealkylation sites (tertiary alicyclic amines) is 1. The summed E-state index contributed by atoms with van der Waals surface area (Å²) in [5, 5.41) is 9.36. The Morgan fingerprint density at radius 3 is 2.71 bits per heavy atom. The molecule has 1 N–H and O–H groups in total. The van der Waals surface area contributed by atoms with Crippen molar-refractivity contribution in [1.29, 1.82) is 0 Å². The van der Waals surface area contributed by atoms with Crippen LogP contribution in [0.2, 0.25) is 0 Å². The lowest BCUT2D eigenvalue weighted by Gasteiger charge is -2.26.